The Morgan fingerprint density at radius 3 is 2.58 bits per heavy atom. The molecule has 3 aliphatic rings. The molecule has 6 heteroatoms. The standard InChI is InChI=1S/C18H34N4O2/c1-3-19-17(20-12-18(2)13-24-14-18)21-16-4-7-22(8-5-16)10-15-6-9-23-11-15/h15-16H,3-14H2,1-2H3,(H2,19,20,21). The Hall–Kier alpha value is -0.850. The minimum Gasteiger partial charge on any atom is -0.381 e. The minimum absolute atomic E-state index is 0.231. The number of guanidine groups is 1. The monoisotopic (exact) mass is 338 g/mol. The Morgan fingerprint density at radius 2 is 2.00 bits per heavy atom. The van der Waals surface area contributed by atoms with E-state index in [1.165, 1.54) is 38.9 Å². The second-order valence-corrected chi connectivity index (χ2v) is 7.95. The van der Waals surface area contributed by atoms with Crippen molar-refractivity contribution in [1.29, 1.82) is 0 Å². The van der Waals surface area contributed by atoms with E-state index < -0.39 is 0 Å². The largest absolute Gasteiger partial charge is 0.381 e. The molecule has 0 spiro atoms. The molecule has 0 saturated carbocycles. The van der Waals surface area contributed by atoms with Crippen LogP contribution >= 0.6 is 0 Å². The fourth-order valence-electron chi connectivity index (χ4n) is 3.68. The molecule has 138 valence electrons. The van der Waals surface area contributed by atoms with Crippen LogP contribution in [-0.4, -0.2) is 76.1 Å². The van der Waals surface area contributed by atoms with E-state index in [-0.39, 0.29) is 5.41 Å². The summed E-state index contributed by atoms with van der Waals surface area (Å²) < 4.78 is 10.8. The van der Waals surface area contributed by atoms with Crippen molar-refractivity contribution >= 4 is 5.96 Å². The topological polar surface area (TPSA) is 58.1 Å². The number of likely N-dealkylation sites (tertiary alicyclic amines) is 1. The lowest BCUT2D eigenvalue weighted by Gasteiger charge is -2.37. The lowest BCUT2D eigenvalue weighted by molar-refractivity contribution is -0.0945. The van der Waals surface area contributed by atoms with Gasteiger partial charge in [-0.05, 0) is 32.1 Å². The minimum atomic E-state index is 0.231. The molecule has 1 unspecified atom stereocenters. The van der Waals surface area contributed by atoms with Crippen LogP contribution in [0, 0.1) is 11.3 Å². The van der Waals surface area contributed by atoms with Crippen LogP contribution in [0.4, 0.5) is 0 Å². The Labute approximate surface area is 146 Å². The Kier molecular flexibility index (Phi) is 6.36. The van der Waals surface area contributed by atoms with Gasteiger partial charge in [-0.25, -0.2) is 0 Å². The number of piperidine rings is 1. The molecule has 6 nitrogen and oxygen atoms in total. The van der Waals surface area contributed by atoms with Crippen molar-refractivity contribution in [2.24, 2.45) is 16.3 Å². The number of ether oxygens (including phenoxy) is 2. The van der Waals surface area contributed by atoms with Crippen molar-refractivity contribution in [2.75, 3.05) is 59.2 Å². The summed E-state index contributed by atoms with van der Waals surface area (Å²) in [6.45, 7) is 13.2. The van der Waals surface area contributed by atoms with Gasteiger partial charge in [-0.15, -0.1) is 0 Å². The summed E-state index contributed by atoms with van der Waals surface area (Å²) in [6.07, 6.45) is 3.62. The third-order valence-corrected chi connectivity index (χ3v) is 5.33. The molecule has 0 aromatic carbocycles. The average molecular weight is 338 g/mol. The molecule has 24 heavy (non-hydrogen) atoms. The van der Waals surface area contributed by atoms with E-state index in [0.717, 1.165) is 51.4 Å². The molecule has 3 rings (SSSR count). The maximum Gasteiger partial charge on any atom is 0.191 e. The Bertz CT molecular complexity index is 411. The van der Waals surface area contributed by atoms with Crippen LogP contribution in [0.5, 0.6) is 0 Å². The predicted octanol–water partition coefficient (Wildman–Crippen LogP) is 1.08. The zero-order valence-electron chi connectivity index (χ0n) is 15.4. The van der Waals surface area contributed by atoms with Crippen LogP contribution in [0.3, 0.4) is 0 Å². The van der Waals surface area contributed by atoms with Crippen molar-refractivity contribution in [2.45, 2.75) is 39.2 Å². The molecule has 3 aliphatic heterocycles. The molecule has 0 radical (unpaired) electrons. The van der Waals surface area contributed by atoms with Gasteiger partial charge < -0.3 is 25.0 Å². The fraction of sp³-hybridized carbons (Fsp3) is 0.944. The van der Waals surface area contributed by atoms with Crippen molar-refractivity contribution in [3.63, 3.8) is 0 Å². The van der Waals surface area contributed by atoms with Crippen LogP contribution in [0.25, 0.3) is 0 Å². The van der Waals surface area contributed by atoms with Gasteiger partial charge in [-0.3, -0.25) is 4.99 Å². The van der Waals surface area contributed by atoms with Crippen molar-refractivity contribution in [1.82, 2.24) is 15.5 Å². The normalized spacial score (nSPS) is 28.6. The number of nitrogens with zero attached hydrogens (tertiary/aromatic N) is 2. The quantitative estimate of drug-likeness (QED) is 0.561. The first-order chi connectivity index (χ1) is 11.7. The zero-order valence-corrected chi connectivity index (χ0v) is 15.4. The maximum atomic E-state index is 5.50. The van der Waals surface area contributed by atoms with E-state index in [9.17, 15) is 0 Å². The first-order valence-corrected chi connectivity index (χ1v) is 9.59. The summed E-state index contributed by atoms with van der Waals surface area (Å²) in [5.41, 5.74) is 0.231. The van der Waals surface area contributed by atoms with Crippen LogP contribution < -0.4 is 10.6 Å². The molecule has 0 aliphatic carbocycles. The summed E-state index contributed by atoms with van der Waals surface area (Å²) >= 11 is 0. The van der Waals surface area contributed by atoms with Crippen molar-refractivity contribution < 1.29 is 9.47 Å². The highest BCUT2D eigenvalue weighted by Gasteiger charge is 2.33. The smallest absolute Gasteiger partial charge is 0.191 e. The Balaban J connectivity index is 1.41. The molecule has 1 atom stereocenters. The van der Waals surface area contributed by atoms with Gasteiger partial charge >= 0.3 is 0 Å². The lowest BCUT2D eigenvalue weighted by atomic mass is 9.89. The first kappa shape index (κ1) is 18.0. The molecule has 0 bridgehead atoms. The van der Waals surface area contributed by atoms with Crippen LogP contribution in [-0.2, 0) is 9.47 Å². The fourth-order valence-corrected chi connectivity index (χ4v) is 3.68. The average Bonchev–Trinajstić information content (AvgIpc) is 3.06. The predicted molar refractivity (Wildman–Crippen MR) is 96.4 cm³/mol. The SMILES string of the molecule is CCNC(=NCC1(C)COC1)NC1CCN(CC2CCOC2)CC1. The van der Waals surface area contributed by atoms with E-state index in [1.54, 1.807) is 0 Å². The molecule has 0 amide bonds. The molecular weight excluding hydrogens is 304 g/mol. The second kappa shape index (κ2) is 8.50. The summed E-state index contributed by atoms with van der Waals surface area (Å²) in [5.74, 6) is 1.71. The number of hydrogen-bond donors (Lipinski definition) is 2. The number of aliphatic imine (C=N–C) groups is 1. The molecular formula is C18H34N4O2. The van der Waals surface area contributed by atoms with Gasteiger partial charge in [0.15, 0.2) is 5.96 Å². The zero-order chi connectivity index (χ0) is 16.8. The third-order valence-electron chi connectivity index (χ3n) is 5.33. The first-order valence-electron chi connectivity index (χ1n) is 9.59. The molecule has 3 saturated heterocycles. The molecule has 0 aromatic rings. The third kappa shape index (κ3) is 5.07. The van der Waals surface area contributed by atoms with Gasteiger partial charge in [0.05, 0.1) is 26.4 Å². The van der Waals surface area contributed by atoms with Crippen LogP contribution in [0.2, 0.25) is 0 Å². The summed E-state index contributed by atoms with van der Waals surface area (Å²) in [6, 6.07) is 0.532. The van der Waals surface area contributed by atoms with E-state index in [2.05, 4.69) is 29.4 Å². The van der Waals surface area contributed by atoms with Crippen molar-refractivity contribution in [3.05, 3.63) is 0 Å². The van der Waals surface area contributed by atoms with E-state index in [4.69, 9.17) is 14.5 Å². The van der Waals surface area contributed by atoms with Crippen LogP contribution in [0.15, 0.2) is 4.99 Å². The molecule has 3 fully saturated rings. The van der Waals surface area contributed by atoms with E-state index in [1.807, 2.05) is 0 Å². The molecule has 3 heterocycles. The highest BCUT2D eigenvalue weighted by atomic mass is 16.5. The molecule has 0 aromatic heterocycles. The van der Waals surface area contributed by atoms with Gasteiger partial charge in [0.1, 0.15) is 0 Å². The van der Waals surface area contributed by atoms with Gasteiger partial charge in [-0.1, -0.05) is 6.92 Å². The summed E-state index contributed by atoms with van der Waals surface area (Å²) in [4.78, 5) is 7.39. The van der Waals surface area contributed by atoms with Gasteiger partial charge in [-0.2, -0.15) is 0 Å². The Morgan fingerprint density at radius 1 is 1.21 bits per heavy atom. The van der Waals surface area contributed by atoms with Crippen LogP contribution in [0.1, 0.15) is 33.1 Å². The van der Waals surface area contributed by atoms with Gasteiger partial charge in [0.25, 0.3) is 0 Å². The summed E-state index contributed by atoms with van der Waals surface area (Å²) in [5, 5.41) is 7.03. The highest BCUT2D eigenvalue weighted by molar-refractivity contribution is 5.80. The lowest BCUT2D eigenvalue weighted by Crippen LogP contribution is -2.50. The highest BCUT2D eigenvalue weighted by Crippen LogP contribution is 2.26. The number of nitrogens with one attached hydrogen (secondary N) is 2. The second-order valence-electron chi connectivity index (χ2n) is 7.95. The maximum absolute atomic E-state index is 5.50. The van der Waals surface area contributed by atoms with E-state index in [0.29, 0.717) is 6.04 Å². The number of rotatable bonds is 6. The van der Waals surface area contributed by atoms with Crippen molar-refractivity contribution in [3.8, 4) is 0 Å². The van der Waals surface area contributed by atoms with E-state index >= 15 is 0 Å². The molecule has 2 N–H and O–H groups in total. The van der Waals surface area contributed by atoms with Gasteiger partial charge in [0.2, 0.25) is 0 Å². The number of hydrogen-bond acceptors (Lipinski definition) is 4. The van der Waals surface area contributed by atoms with Gasteiger partial charge in [0, 0.05) is 44.2 Å². The summed E-state index contributed by atoms with van der Waals surface area (Å²) in [7, 11) is 0.